The van der Waals surface area contributed by atoms with Crippen LogP contribution in [0.4, 0.5) is 8.78 Å². The third kappa shape index (κ3) is 5.14. The van der Waals surface area contributed by atoms with E-state index in [1.54, 1.807) is 19.3 Å². The van der Waals surface area contributed by atoms with Crippen LogP contribution in [0.5, 0.6) is 0 Å². The summed E-state index contributed by atoms with van der Waals surface area (Å²) in [5.74, 6) is -1.64. The molecule has 0 amide bonds. The van der Waals surface area contributed by atoms with Gasteiger partial charge in [-0.2, -0.15) is 0 Å². The second kappa shape index (κ2) is 10.8. The summed E-state index contributed by atoms with van der Waals surface area (Å²) in [5.41, 5.74) is 4.31. The first-order valence-corrected chi connectivity index (χ1v) is 12.8. The molecule has 7 heteroatoms. The van der Waals surface area contributed by atoms with Crippen molar-refractivity contribution in [3.8, 4) is 0 Å². The minimum Gasteiger partial charge on any atom is -0.298 e. The van der Waals surface area contributed by atoms with Gasteiger partial charge in [-0.05, 0) is 61.2 Å². The summed E-state index contributed by atoms with van der Waals surface area (Å²) >= 11 is 0. The van der Waals surface area contributed by atoms with E-state index in [2.05, 4.69) is 9.98 Å². The van der Waals surface area contributed by atoms with Crippen molar-refractivity contribution in [2.45, 2.75) is 45.2 Å². The number of fused-ring (bicyclic) bond motifs is 1. The van der Waals surface area contributed by atoms with Gasteiger partial charge in [-0.15, -0.1) is 0 Å². The third-order valence-corrected chi connectivity index (χ3v) is 7.36. The maximum Gasteiger partial charge on any atom is 0.163 e. The predicted molar refractivity (Wildman–Crippen MR) is 138 cm³/mol. The van der Waals surface area contributed by atoms with Gasteiger partial charge in [-0.25, -0.2) is 8.78 Å². The van der Waals surface area contributed by atoms with Crippen molar-refractivity contribution in [2.75, 3.05) is 13.1 Å². The number of hydrogen-bond donors (Lipinski definition) is 0. The number of ketones is 2. The molecule has 0 saturated carbocycles. The second-order valence-corrected chi connectivity index (χ2v) is 9.76. The Morgan fingerprint density at radius 3 is 2.57 bits per heavy atom. The zero-order valence-electron chi connectivity index (χ0n) is 20.8. The van der Waals surface area contributed by atoms with E-state index in [9.17, 15) is 18.4 Å². The maximum atomic E-state index is 14.7. The molecule has 0 bridgehead atoms. The number of benzene rings is 2. The van der Waals surface area contributed by atoms with Crippen LogP contribution in [0, 0.1) is 17.6 Å². The first-order valence-electron chi connectivity index (χ1n) is 12.8. The quantitative estimate of drug-likeness (QED) is 0.371. The van der Waals surface area contributed by atoms with Gasteiger partial charge >= 0.3 is 0 Å². The Bertz CT molecular complexity index is 1340. The molecule has 0 spiro atoms. The van der Waals surface area contributed by atoms with Crippen molar-refractivity contribution in [3.63, 3.8) is 0 Å². The van der Waals surface area contributed by atoms with Crippen LogP contribution in [0.25, 0.3) is 0 Å². The van der Waals surface area contributed by atoms with Gasteiger partial charge in [-0.3, -0.25) is 24.5 Å². The van der Waals surface area contributed by atoms with Crippen LogP contribution in [0.15, 0.2) is 65.9 Å². The lowest BCUT2D eigenvalue weighted by Gasteiger charge is -2.37. The number of pyridine rings is 1. The molecule has 2 aromatic carbocycles. The number of carbonyl (C=O) groups excluding carboxylic acids is 2. The standard InChI is InChI=1S/C30H29F2N3O2/c1-2-26(36)30(28-24(31)6-3-7-25(28)32)35-14-4-5-19(18-35)15-27(37)21-8-9-22-17-34-29(23(22)16-21)20-10-12-33-13-11-20/h3,6-13,16,19,30H,2,4-5,14-15,17-18H2,1H3/t19-,30?/m0/s1. The fourth-order valence-corrected chi connectivity index (χ4v) is 5.51. The van der Waals surface area contributed by atoms with E-state index in [0.29, 0.717) is 31.6 Å². The lowest BCUT2D eigenvalue weighted by Crippen LogP contribution is -2.42. The van der Waals surface area contributed by atoms with Crippen LogP contribution in [-0.4, -0.2) is 40.3 Å². The number of nitrogens with zero attached hydrogens (tertiary/aromatic N) is 3. The average Bonchev–Trinajstić information content (AvgIpc) is 3.34. The largest absolute Gasteiger partial charge is 0.298 e. The molecule has 190 valence electrons. The maximum absolute atomic E-state index is 14.7. The summed E-state index contributed by atoms with van der Waals surface area (Å²) < 4.78 is 29.3. The molecule has 37 heavy (non-hydrogen) atoms. The summed E-state index contributed by atoms with van der Waals surface area (Å²) in [4.78, 5) is 36.8. The fraction of sp³-hybridized carbons (Fsp3) is 0.333. The van der Waals surface area contributed by atoms with Crippen LogP contribution in [-0.2, 0) is 11.3 Å². The molecule has 2 aliphatic heterocycles. The molecule has 0 aliphatic carbocycles. The highest BCUT2D eigenvalue weighted by Gasteiger charge is 2.35. The van der Waals surface area contributed by atoms with Gasteiger partial charge in [0, 0.05) is 54.0 Å². The third-order valence-electron chi connectivity index (χ3n) is 7.36. The van der Waals surface area contributed by atoms with Crippen LogP contribution in [0.1, 0.15) is 71.3 Å². The van der Waals surface area contributed by atoms with Gasteiger partial charge in [0.1, 0.15) is 11.6 Å². The topological polar surface area (TPSA) is 62.6 Å². The van der Waals surface area contributed by atoms with E-state index in [0.717, 1.165) is 35.2 Å². The molecule has 0 N–H and O–H groups in total. The highest BCUT2D eigenvalue weighted by molar-refractivity contribution is 6.16. The van der Waals surface area contributed by atoms with Crippen LogP contribution >= 0.6 is 0 Å². The van der Waals surface area contributed by atoms with E-state index >= 15 is 0 Å². The Labute approximate surface area is 215 Å². The number of rotatable bonds is 8. The smallest absolute Gasteiger partial charge is 0.163 e. The highest BCUT2D eigenvalue weighted by atomic mass is 19.1. The van der Waals surface area contributed by atoms with Crippen molar-refractivity contribution in [1.29, 1.82) is 0 Å². The average molecular weight is 502 g/mol. The van der Waals surface area contributed by atoms with Gasteiger partial charge < -0.3 is 0 Å². The number of hydrogen-bond acceptors (Lipinski definition) is 5. The zero-order valence-corrected chi connectivity index (χ0v) is 20.8. The Balaban J connectivity index is 1.33. The first-order chi connectivity index (χ1) is 18.0. The van der Waals surface area contributed by atoms with E-state index in [4.69, 9.17) is 0 Å². The highest BCUT2D eigenvalue weighted by Crippen LogP contribution is 2.33. The number of halogens is 2. The van der Waals surface area contributed by atoms with Gasteiger partial charge in [0.25, 0.3) is 0 Å². The van der Waals surface area contributed by atoms with Gasteiger partial charge in [-0.1, -0.05) is 25.1 Å². The molecule has 1 fully saturated rings. The zero-order chi connectivity index (χ0) is 25.9. The Morgan fingerprint density at radius 1 is 1.08 bits per heavy atom. The summed E-state index contributed by atoms with van der Waals surface area (Å²) in [6.07, 6.45) is 5.51. The van der Waals surface area contributed by atoms with Gasteiger partial charge in [0.05, 0.1) is 18.3 Å². The number of aliphatic imine (C=N–C) groups is 1. The molecular formula is C30H29F2N3O2. The Morgan fingerprint density at radius 2 is 1.84 bits per heavy atom. The molecule has 2 aliphatic rings. The van der Waals surface area contributed by atoms with Crippen molar-refractivity contribution < 1.29 is 18.4 Å². The molecule has 2 atom stereocenters. The Kier molecular flexibility index (Phi) is 7.33. The molecule has 5 nitrogen and oxygen atoms in total. The molecule has 1 saturated heterocycles. The molecule has 3 heterocycles. The van der Waals surface area contributed by atoms with Crippen molar-refractivity contribution in [3.05, 3.63) is 100 Å². The van der Waals surface area contributed by atoms with E-state index in [-0.39, 0.29) is 29.5 Å². The van der Waals surface area contributed by atoms with Crippen molar-refractivity contribution in [1.82, 2.24) is 9.88 Å². The van der Waals surface area contributed by atoms with Crippen LogP contribution in [0.2, 0.25) is 0 Å². The van der Waals surface area contributed by atoms with Gasteiger partial charge in [0.15, 0.2) is 11.6 Å². The number of aromatic nitrogens is 1. The Hall–Kier alpha value is -3.58. The fourth-order valence-electron chi connectivity index (χ4n) is 5.51. The van der Waals surface area contributed by atoms with Crippen LogP contribution < -0.4 is 0 Å². The van der Waals surface area contributed by atoms with Crippen LogP contribution in [0.3, 0.4) is 0 Å². The van der Waals surface area contributed by atoms with E-state index < -0.39 is 17.7 Å². The van der Waals surface area contributed by atoms with Crippen molar-refractivity contribution in [2.24, 2.45) is 10.9 Å². The SMILES string of the molecule is CCC(=O)C(c1c(F)cccc1F)N1CCC[C@@H](CC(=O)c2ccc3c(c2)C(c2ccncc2)=NC3)C1. The summed E-state index contributed by atoms with van der Waals surface area (Å²) in [6.45, 7) is 3.28. The molecule has 1 unspecified atom stereocenters. The molecular weight excluding hydrogens is 472 g/mol. The minimum absolute atomic E-state index is 0.00942. The molecule has 1 aromatic heterocycles. The van der Waals surface area contributed by atoms with E-state index in [1.807, 2.05) is 35.2 Å². The summed E-state index contributed by atoms with van der Waals surface area (Å²) in [6, 6.07) is 12.3. The lowest BCUT2D eigenvalue weighted by molar-refractivity contribution is -0.125. The lowest BCUT2D eigenvalue weighted by atomic mass is 9.87. The van der Waals surface area contributed by atoms with E-state index in [1.165, 1.54) is 18.2 Å². The molecule has 3 aromatic rings. The first kappa shape index (κ1) is 25.1. The number of Topliss-reactive ketones (excluding diaryl/α,β-unsaturated/α-hetero) is 2. The van der Waals surface area contributed by atoms with Gasteiger partial charge in [0.2, 0.25) is 0 Å². The minimum atomic E-state index is -0.983. The van der Waals surface area contributed by atoms with Crippen molar-refractivity contribution >= 4 is 17.3 Å². The summed E-state index contributed by atoms with van der Waals surface area (Å²) in [7, 11) is 0. The number of piperidine rings is 1. The molecule has 0 radical (unpaired) electrons. The molecule has 5 rings (SSSR count). The second-order valence-electron chi connectivity index (χ2n) is 9.76. The predicted octanol–water partition coefficient (Wildman–Crippen LogP) is 5.72. The monoisotopic (exact) mass is 501 g/mol. The number of carbonyl (C=O) groups is 2. The summed E-state index contributed by atoms with van der Waals surface area (Å²) in [5, 5.41) is 0. The number of likely N-dealkylation sites (tertiary alicyclic amines) is 1. The normalized spacial score (nSPS) is 18.2.